The Balaban J connectivity index is 1.61. The fourth-order valence-electron chi connectivity index (χ4n) is 7.16. The Morgan fingerprint density at radius 1 is 0.654 bits per heavy atom. The maximum atomic E-state index is 2.66. The lowest BCUT2D eigenvalue weighted by molar-refractivity contribution is 0.138. The molecule has 0 aromatic heterocycles. The summed E-state index contributed by atoms with van der Waals surface area (Å²) in [7, 11) is 0. The third-order valence-corrected chi connectivity index (χ3v) is 9.10. The Morgan fingerprint density at radius 3 is 2.04 bits per heavy atom. The van der Waals surface area contributed by atoms with Gasteiger partial charge in [-0.25, -0.2) is 0 Å². The minimum Gasteiger partial charge on any atom is -0.0622 e. The van der Waals surface area contributed by atoms with Crippen LogP contribution >= 0.6 is 0 Å². The highest BCUT2D eigenvalue weighted by molar-refractivity contribution is 4.85. The zero-order chi connectivity index (χ0) is 18.4. The molecule has 152 valence electrons. The molecule has 0 saturated heterocycles. The van der Waals surface area contributed by atoms with Crippen molar-refractivity contribution in [3.05, 3.63) is 0 Å². The molecule has 3 aliphatic rings. The van der Waals surface area contributed by atoms with Gasteiger partial charge in [0, 0.05) is 0 Å². The average Bonchev–Trinajstić information content (AvgIpc) is 3.08. The minimum absolute atomic E-state index is 0.977. The van der Waals surface area contributed by atoms with E-state index in [9.17, 15) is 0 Å². The summed E-state index contributed by atoms with van der Waals surface area (Å²) in [6, 6.07) is 0. The Hall–Kier alpha value is 0. The average molecular weight is 361 g/mol. The molecule has 0 heterocycles. The van der Waals surface area contributed by atoms with Gasteiger partial charge in [0.1, 0.15) is 0 Å². The van der Waals surface area contributed by atoms with E-state index in [0.717, 1.165) is 41.4 Å². The van der Waals surface area contributed by atoms with E-state index in [4.69, 9.17) is 0 Å². The third kappa shape index (κ3) is 5.75. The van der Waals surface area contributed by atoms with Crippen LogP contribution in [-0.2, 0) is 0 Å². The van der Waals surface area contributed by atoms with E-state index in [1.165, 1.54) is 83.5 Å². The Kier molecular flexibility index (Phi) is 8.39. The van der Waals surface area contributed by atoms with Crippen molar-refractivity contribution in [2.45, 2.75) is 124 Å². The van der Waals surface area contributed by atoms with Crippen LogP contribution in [-0.4, -0.2) is 0 Å². The molecule has 0 radical (unpaired) electrons. The van der Waals surface area contributed by atoms with Crippen LogP contribution in [0.25, 0.3) is 0 Å². The van der Waals surface area contributed by atoms with E-state index in [1.54, 1.807) is 19.3 Å². The van der Waals surface area contributed by atoms with E-state index in [-0.39, 0.29) is 0 Å². The van der Waals surface area contributed by atoms with Crippen LogP contribution in [0, 0.1) is 41.4 Å². The number of rotatable bonds is 4. The lowest BCUT2D eigenvalue weighted by Gasteiger charge is -2.36. The molecular weight excluding hydrogens is 312 g/mol. The van der Waals surface area contributed by atoms with Crippen LogP contribution in [0.2, 0.25) is 0 Å². The van der Waals surface area contributed by atoms with Gasteiger partial charge in [-0.15, -0.1) is 0 Å². The Labute approximate surface area is 165 Å². The summed E-state index contributed by atoms with van der Waals surface area (Å²) >= 11 is 0. The van der Waals surface area contributed by atoms with E-state index in [2.05, 4.69) is 20.8 Å². The van der Waals surface area contributed by atoms with Gasteiger partial charge in [0.15, 0.2) is 0 Å². The molecule has 3 saturated carbocycles. The van der Waals surface area contributed by atoms with Gasteiger partial charge in [-0.3, -0.25) is 0 Å². The van der Waals surface area contributed by atoms with Crippen molar-refractivity contribution in [1.82, 2.24) is 0 Å². The van der Waals surface area contributed by atoms with Gasteiger partial charge in [0.2, 0.25) is 0 Å². The molecule has 0 N–H and O–H groups in total. The topological polar surface area (TPSA) is 0 Å². The molecule has 0 heteroatoms. The van der Waals surface area contributed by atoms with Crippen molar-refractivity contribution in [2.75, 3.05) is 0 Å². The number of hydrogen-bond donors (Lipinski definition) is 0. The summed E-state index contributed by atoms with van der Waals surface area (Å²) < 4.78 is 0. The monoisotopic (exact) mass is 360 g/mol. The molecule has 0 aromatic carbocycles. The molecule has 0 nitrogen and oxygen atoms in total. The highest BCUT2D eigenvalue weighted by Crippen LogP contribution is 2.45. The maximum absolute atomic E-state index is 2.66. The molecule has 6 atom stereocenters. The van der Waals surface area contributed by atoms with Gasteiger partial charge in [-0.2, -0.15) is 0 Å². The smallest absolute Gasteiger partial charge is 0.0357 e. The normalized spacial score (nSPS) is 39.6. The second-order valence-corrected chi connectivity index (χ2v) is 10.9. The minimum atomic E-state index is 0.977. The highest BCUT2D eigenvalue weighted by atomic mass is 14.4. The molecule has 0 bridgehead atoms. The van der Waals surface area contributed by atoms with Gasteiger partial charge in [-0.1, -0.05) is 111 Å². The number of hydrogen-bond acceptors (Lipinski definition) is 0. The van der Waals surface area contributed by atoms with Crippen LogP contribution in [0.5, 0.6) is 0 Å². The summed E-state index contributed by atoms with van der Waals surface area (Å²) in [6.45, 7) is 7.84. The zero-order valence-electron chi connectivity index (χ0n) is 18.4. The molecular formula is C26H48. The van der Waals surface area contributed by atoms with Crippen molar-refractivity contribution in [3.63, 3.8) is 0 Å². The van der Waals surface area contributed by atoms with Crippen LogP contribution in [0.3, 0.4) is 0 Å². The Morgan fingerprint density at radius 2 is 1.27 bits per heavy atom. The molecule has 26 heavy (non-hydrogen) atoms. The summed E-state index contributed by atoms with van der Waals surface area (Å²) in [6.07, 6.45) is 24.4. The first-order valence-electron chi connectivity index (χ1n) is 12.6. The molecule has 0 spiro atoms. The summed E-state index contributed by atoms with van der Waals surface area (Å²) in [5, 5.41) is 0. The van der Waals surface area contributed by atoms with Crippen molar-refractivity contribution in [2.24, 2.45) is 41.4 Å². The van der Waals surface area contributed by atoms with Crippen molar-refractivity contribution in [1.29, 1.82) is 0 Å². The SMILES string of the molecule is CC1CCCCCC1CC1CCCC(C)C(C(C)C2CCCCCC2)C1. The van der Waals surface area contributed by atoms with Crippen LogP contribution in [0.15, 0.2) is 0 Å². The van der Waals surface area contributed by atoms with Crippen molar-refractivity contribution < 1.29 is 0 Å². The van der Waals surface area contributed by atoms with Crippen LogP contribution in [0.4, 0.5) is 0 Å². The van der Waals surface area contributed by atoms with Gasteiger partial charge in [0.05, 0.1) is 0 Å². The first-order chi connectivity index (χ1) is 12.6. The Bertz CT molecular complexity index is 377. The van der Waals surface area contributed by atoms with Gasteiger partial charge >= 0.3 is 0 Å². The largest absolute Gasteiger partial charge is 0.0622 e. The predicted molar refractivity (Wildman–Crippen MR) is 115 cm³/mol. The van der Waals surface area contributed by atoms with E-state index >= 15 is 0 Å². The molecule has 6 unspecified atom stereocenters. The second-order valence-electron chi connectivity index (χ2n) is 10.9. The molecule has 0 amide bonds. The molecule has 3 aliphatic carbocycles. The maximum Gasteiger partial charge on any atom is -0.0357 e. The fraction of sp³-hybridized carbons (Fsp3) is 1.00. The highest BCUT2D eigenvalue weighted by Gasteiger charge is 2.34. The third-order valence-electron chi connectivity index (χ3n) is 9.10. The molecule has 3 fully saturated rings. The lowest BCUT2D eigenvalue weighted by atomic mass is 9.69. The van der Waals surface area contributed by atoms with Crippen LogP contribution in [0.1, 0.15) is 124 Å². The van der Waals surface area contributed by atoms with Gasteiger partial charge < -0.3 is 0 Å². The fourth-order valence-corrected chi connectivity index (χ4v) is 7.16. The van der Waals surface area contributed by atoms with E-state index in [1.807, 2.05) is 0 Å². The van der Waals surface area contributed by atoms with Crippen LogP contribution < -0.4 is 0 Å². The van der Waals surface area contributed by atoms with E-state index < -0.39 is 0 Å². The molecule has 0 aromatic rings. The first-order valence-corrected chi connectivity index (χ1v) is 12.6. The summed E-state index contributed by atoms with van der Waals surface area (Å²) in [5.41, 5.74) is 0. The van der Waals surface area contributed by atoms with Gasteiger partial charge in [0.25, 0.3) is 0 Å². The molecule has 0 aliphatic heterocycles. The summed E-state index contributed by atoms with van der Waals surface area (Å²) in [5.74, 6) is 7.11. The van der Waals surface area contributed by atoms with E-state index in [0.29, 0.717) is 0 Å². The zero-order valence-corrected chi connectivity index (χ0v) is 18.4. The van der Waals surface area contributed by atoms with Crippen molar-refractivity contribution >= 4 is 0 Å². The van der Waals surface area contributed by atoms with Crippen molar-refractivity contribution in [3.8, 4) is 0 Å². The van der Waals surface area contributed by atoms with Gasteiger partial charge in [-0.05, 0) is 54.3 Å². The lowest BCUT2D eigenvalue weighted by Crippen LogP contribution is -2.27. The summed E-state index contributed by atoms with van der Waals surface area (Å²) in [4.78, 5) is 0. The first kappa shape index (κ1) is 20.7. The second kappa shape index (κ2) is 10.5. The quantitative estimate of drug-likeness (QED) is 0.440. The molecule has 3 rings (SSSR count). The predicted octanol–water partition coefficient (Wildman–Crippen LogP) is 8.64. The standard InChI is InChI=1S/C26H48/c1-20-12-7-6-10-17-25(20)18-23-14-11-13-21(2)26(19-23)22(3)24-15-8-4-5-9-16-24/h20-26H,4-19H2,1-3H3.